The largest absolute Gasteiger partial charge is 0.393 e. The SMILES string of the molecule is O[C@@H]1CC[C@H]2NCCN[C@@H]2C1. The average Bonchev–Trinajstić information content (AvgIpc) is 2.04. The van der Waals surface area contributed by atoms with Gasteiger partial charge in [-0.2, -0.15) is 0 Å². The minimum atomic E-state index is -0.0661. The first-order valence-electron chi connectivity index (χ1n) is 4.51. The summed E-state index contributed by atoms with van der Waals surface area (Å²) in [6.45, 7) is 2.13. The Labute approximate surface area is 67.2 Å². The van der Waals surface area contributed by atoms with Crippen LogP contribution in [-0.4, -0.2) is 36.4 Å². The van der Waals surface area contributed by atoms with Crippen molar-refractivity contribution in [1.82, 2.24) is 10.6 Å². The molecule has 1 saturated heterocycles. The summed E-state index contributed by atoms with van der Waals surface area (Å²) < 4.78 is 0. The standard InChI is InChI=1S/C8H16N2O/c11-6-1-2-7-8(5-6)10-4-3-9-7/h6-11H,1-5H2/t6-,7-,8-/m1/s1. The molecule has 64 valence electrons. The molecular formula is C8H16N2O. The first-order chi connectivity index (χ1) is 5.36. The van der Waals surface area contributed by atoms with Gasteiger partial charge in [-0.3, -0.25) is 0 Å². The van der Waals surface area contributed by atoms with Gasteiger partial charge in [-0.1, -0.05) is 0 Å². The first kappa shape index (κ1) is 7.53. The third kappa shape index (κ3) is 1.55. The van der Waals surface area contributed by atoms with Crippen LogP contribution in [0.4, 0.5) is 0 Å². The zero-order valence-electron chi connectivity index (χ0n) is 6.71. The minimum absolute atomic E-state index is 0.0661. The van der Waals surface area contributed by atoms with E-state index in [1.54, 1.807) is 0 Å². The molecule has 3 heteroatoms. The van der Waals surface area contributed by atoms with Gasteiger partial charge in [-0.15, -0.1) is 0 Å². The van der Waals surface area contributed by atoms with Crippen molar-refractivity contribution in [3.63, 3.8) is 0 Å². The van der Waals surface area contributed by atoms with Crippen LogP contribution in [0.25, 0.3) is 0 Å². The molecule has 1 heterocycles. The van der Waals surface area contributed by atoms with Gasteiger partial charge in [0.15, 0.2) is 0 Å². The molecule has 2 fully saturated rings. The molecule has 0 amide bonds. The maximum Gasteiger partial charge on any atom is 0.0556 e. The lowest BCUT2D eigenvalue weighted by atomic mass is 9.87. The molecule has 0 bridgehead atoms. The number of aliphatic hydroxyl groups excluding tert-OH is 1. The van der Waals surface area contributed by atoms with Crippen LogP contribution in [0, 0.1) is 0 Å². The van der Waals surface area contributed by atoms with Crippen LogP contribution in [-0.2, 0) is 0 Å². The Morgan fingerprint density at radius 3 is 2.55 bits per heavy atom. The molecule has 0 radical (unpaired) electrons. The number of nitrogens with one attached hydrogen (secondary N) is 2. The van der Waals surface area contributed by atoms with Gasteiger partial charge in [-0.05, 0) is 19.3 Å². The number of hydrogen-bond donors (Lipinski definition) is 3. The van der Waals surface area contributed by atoms with Crippen LogP contribution in [0.15, 0.2) is 0 Å². The summed E-state index contributed by atoms with van der Waals surface area (Å²) in [6.07, 6.45) is 2.95. The molecular weight excluding hydrogens is 140 g/mol. The second-order valence-corrected chi connectivity index (χ2v) is 3.59. The smallest absolute Gasteiger partial charge is 0.0556 e. The molecule has 3 N–H and O–H groups in total. The normalized spacial score (nSPS) is 45.0. The van der Waals surface area contributed by atoms with Crippen molar-refractivity contribution < 1.29 is 5.11 Å². The average molecular weight is 156 g/mol. The molecule has 0 unspecified atom stereocenters. The van der Waals surface area contributed by atoms with Crippen LogP contribution >= 0.6 is 0 Å². The van der Waals surface area contributed by atoms with Crippen molar-refractivity contribution >= 4 is 0 Å². The van der Waals surface area contributed by atoms with E-state index in [-0.39, 0.29) is 6.10 Å². The highest BCUT2D eigenvalue weighted by Crippen LogP contribution is 2.20. The maximum atomic E-state index is 9.38. The van der Waals surface area contributed by atoms with Crippen LogP contribution in [0.2, 0.25) is 0 Å². The zero-order valence-corrected chi connectivity index (χ0v) is 6.71. The van der Waals surface area contributed by atoms with Gasteiger partial charge in [0.25, 0.3) is 0 Å². The van der Waals surface area contributed by atoms with Gasteiger partial charge in [0.05, 0.1) is 6.10 Å². The Balaban J connectivity index is 1.93. The quantitative estimate of drug-likeness (QED) is 0.441. The monoisotopic (exact) mass is 156 g/mol. The van der Waals surface area contributed by atoms with Gasteiger partial charge in [-0.25, -0.2) is 0 Å². The van der Waals surface area contributed by atoms with Gasteiger partial charge in [0.2, 0.25) is 0 Å². The van der Waals surface area contributed by atoms with Crippen LogP contribution in [0.3, 0.4) is 0 Å². The highest BCUT2D eigenvalue weighted by atomic mass is 16.3. The van der Waals surface area contributed by atoms with Crippen LogP contribution < -0.4 is 10.6 Å². The van der Waals surface area contributed by atoms with Crippen molar-refractivity contribution in [2.45, 2.75) is 37.5 Å². The number of piperazine rings is 1. The molecule has 3 atom stereocenters. The predicted molar refractivity (Wildman–Crippen MR) is 43.4 cm³/mol. The number of rotatable bonds is 0. The Morgan fingerprint density at radius 2 is 1.73 bits per heavy atom. The van der Waals surface area contributed by atoms with E-state index in [9.17, 15) is 5.11 Å². The molecule has 11 heavy (non-hydrogen) atoms. The molecule has 1 aliphatic carbocycles. The van der Waals surface area contributed by atoms with Crippen molar-refractivity contribution in [3.05, 3.63) is 0 Å². The Morgan fingerprint density at radius 1 is 1.00 bits per heavy atom. The minimum Gasteiger partial charge on any atom is -0.393 e. The molecule has 0 aromatic rings. The van der Waals surface area contributed by atoms with E-state index in [1.807, 2.05) is 0 Å². The van der Waals surface area contributed by atoms with E-state index in [0.29, 0.717) is 12.1 Å². The fourth-order valence-electron chi connectivity index (χ4n) is 2.13. The van der Waals surface area contributed by atoms with E-state index >= 15 is 0 Å². The van der Waals surface area contributed by atoms with Crippen LogP contribution in [0.5, 0.6) is 0 Å². The summed E-state index contributed by atoms with van der Waals surface area (Å²) in [5.74, 6) is 0. The van der Waals surface area contributed by atoms with Crippen molar-refractivity contribution in [1.29, 1.82) is 0 Å². The highest BCUT2D eigenvalue weighted by Gasteiger charge is 2.30. The molecule has 0 aromatic heterocycles. The second-order valence-electron chi connectivity index (χ2n) is 3.59. The molecule has 1 aliphatic heterocycles. The molecule has 1 saturated carbocycles. The number of hydrogen-bond acceptors (Lipinski definition) is 3. The van der Waals surface area contributed by atoms with Crippen molar-refractivity contribution in [3.8, 4) is 0 Å². The van der Waals surface area contributed by atoms with E-state index in [0.717, 1.165) is 32.4 Å². The molecule has 3 nitrogen and oxygen atoms in total. The molecule has 0 aromatic carbocycles. The van der Waals surface area contributed by atoms with E-state index in [1.165, 1.54) is 0 Å². The summed E-state index contributed by atoms with van der Waals surface area (Å²) in [4.78, 5) is 0. The fourth-order valence-corrected chi connectivity index (χ4v) is 2.13. The Bertz CT molecular complexity index is 140. The Hall–Kier alpha value is -0.120. The first-order valence-corrected chi connectivity index (χ1v) is 4.51. The number of aliphatic hydroxyl groups is 1. The number of fused-ring (bicyclic) bond motifs is 1. The Kier molecular flexibility index (Phi) is 2.11. The topological polar surface area (TPSA) is 44.3 Å². The summed E-state index contributed by atoms with van der Waals surface area (Å²) >= 11 is 0. The second kappa shape index (κ2) is 3.09. The maximum absolute atomic E-state index is 9.38. The lowest BCUT2D eigenvalue weighted by molar-refractivity contribution is 0.0870. The van der Waals surface area contributed by atoms with E-state index < -0.39 is 0 Å². The lowest BCUT2D eigenvalue weighted by Crippen LogP contribution is -2.58. The van der Waals surface area contributed by atoms with E-state index in [4.69, 9.17) is 0 Å². The predicted octanol–water partition coefficient (Wildman–Crippen LogP) is -0.539. The molecule has 0 spiro atoms. The lowest BCUT2D eigenvalue weighted by Gasteiger charge is -2.39. The van der Waals surface area contributed by atoms with Gasteiger partial charge >= 0.3 is 0 Å². The van der Waals surface area contributed by atoms with Crippen molar-refractivity contribution in [2.24, 2.45) is 0 Å². The summed E-state index contributed by atoms with van der Waals surface area (Å²) in [5, 5.41) is 16.3. The third-order valence-corrected chi connectivity index (χ3v) is 2.76. The summed E-state index contributed by atoms with van der Waals surface area (Å²) in [6, 6.07) is 1.14. The van der Waals surface area contributed by atoms with Gasteiger partial charge in [0.1, 0.15) is 0 Å². The molecule has 2 aliphatic rings. The molecule has 2 rings (SSSR count). The third-order valence-electron chi connectivity index (χ3n) is 2.76. The van der Waals surface area contributed by atoms with Gasteiger partial charge < -0.3 is 15.7 Å². The van der Waals surface area contributed by atoms with Gasteiger partial charge in [0, 0.05) is 25.2 Å². The fraction of sp³-hybridized carbons (Fsp3) is 1.00. The van der Waals surface area contributed by atoms with Crippen LogP contribution in [0.1, 0.15) is 19.3 Å². The zero-order chi connectivity index (χ0) is 7.68. The summed E-state index contributed by atoms with van der Waals surface area (Å²) in [5.41, 5.74) is 0. The van der Waals surface area contributed by atoms with Crippen molar-refractivity contribution in [2.75, 3.05) is 13.1 Å². The highest BCUT2D eigenvalue weighted by molar-refractivity contribution is 4.92. The summed E-state index contributed by atoms with van der Waals surface area (Å²) in [7, 11) is 0. The van der Waals surface area contributed by atoms with E-state index in [2.05, 4.69) is 10.6 Å².